The molecule has 0 bridgehead atoms. The molecule has 232 valence electrons. The second-order valence-electron chi connectivity index (χ2n) is 11.6. The second-order valence-corrected chi connectivity index (χ2v) is 13.0. The fraction of sp³-hybridized carbons (Fsp3) is 0.314. The monoisotopic (exact) mass is 616 g/mol. The quantitative estimate of drug-likeness (QED) is 0.105. The summed E-state index contributed by atoms with van der Waals surface area (Å²) in [6.07, 6.45) is -0.522. The third kappa shape index (κ3) is 9.50. The molecule has 3 rings (SSSR count). The molecular weight excluding hydrogens is 576 g/mol. The van der Waals surface area contributed by atoms with E-state index >= 15 is 0 Å². The lowest BCUT2D eigenvalue weighted by atomic mass is 9.92. The van der Waals surface area contributed by atoms with Gasteiger partial charge in [0, 0.05) is 27.5 Å². The zero-order valence-electron chi connectivity index (χ0n) is 26.5. The van der Waals surface area contributed by atoms with Crippen molar-refractivity contribution in [3.05, 3.63) is 104 Å². The topological polar surface area (TPSA) is 111 Å². The number of carbonyl (C=O) groups is 4. The zero-order valence-corrected chi connectivity index (χ0v) is 27.4. The minimum Gasteiger partial charge on any atom is -0.454 e. The van der Waals surface area contributed by atoms with Crippen LogP contribution in [-0.4, -0.2) is 36.0 Å². The SMILES string of the molecule is CC(C)=C(C(=O)Nc1ccc(CNC(=O)OC(C)(C)C)cc1)/C(C(=O)OCC(=O)c1ccccc1)=C(\C)c1cc(C)sc1C. The first-order valence-corrected chi connectivity index (χ1v) is 15.1. The van der Waals surface area contributed by atoms with Crippen molar-refractivity contribution in [2.24, 2.45) is 0 Å². The van der Waals surface area contributed by atoms with Gasteiger partial charge in [-0.25, -0.2) is 9.59 Å². The number of ether oxygens (including phenoxy) is 2. The summed E-state index contributed by atoms with van der Waals surface area (Å²) in [5.41, 5.74) is 3.42. The van der Waals surface area contributed by atoms with Crippen molar-refractivity contribution in [2.75, 3.05) is 11.9 Å². The number of allylic oxidation sites excluding steroid dienone is 2. The summed E-state index contributed by atoms with van der Waals surface area (Å²) < 4.78 is 10.8. The van der Waals surface area contributed by atoms with Crippen molar-refractivity contribution in [3.8, 4) is 0 Å². The van der Waals surface area contributed by atoms with Crippen LogP contribution in [0.4, 0.5) is 10.5 Å². The molecular formula is C35H40N2O6S. The molecule has 2 N–H and O–H groups in total. The van der Waals surface area contributed by atoms with Gasteiger partial charge in [-0.1, -0.05) is 48.0 Å². The largest absolute Gasteiger partial charge is 0.454 e. The molecule has 0 aliphatic carbocycles. The van der Waals surface area contributed by atoms with Gasteiger partial charge in [-0.05, 0) is 90.3 Å². The maximum Gasteiger partial charge on any atom is 0.407 e. The Hall–Kier alpha value is -4.50. The first-order valence-electron chi connectivity index (χ1n) is 14.2. The summed E-state index contributed by atoms with van der Waals surface area (Å²) in [6, 6.07) is 17.5. The number of thiophene rings is 1. The van der Waals surface area contributed by atoms with Gasteiger partial charge in [-0.15, -0.1) is 11.3 Å². The summed E-state index contributed by atoms with van der Waals surface area (Å²) in [5, 5.41) is 5.59. The van der Waals surface area contributed by atoms with E-state index in [2.05, 4.69) is 10.6 Å². The summed E-state index contributed by atoms with van der Waals surface area (Å²) in [7, 11) is 0. The van der Waals surface area contributed by atoms with Gasteiger partial charge in [-0.3, -0.25) is 9.59 Å². The summed E-state index contributed by atoms with van der Waals surface area (Å²) in [6.45, 7) is 14.4. The molecule has 3 aromatic rings. The van der Waals surface area contributed by atoms with Gasteiger partial charge < -0.3 is 20.1 Å². The first kappa shape index (κ1) is 34.0. The lowest BCUT2D eigenvalue weighted by Crippen LogP contribution is -2.32. The van der Waals surface area contributed by atoms with Crippen molar-refractivity contribution in [1.82, 2.24) is 5.32 Å². The average molecular weight is 617 g/mol. The van der Waals surface area contributed by atoms with Gasteiger partial charge in [0.2, 0.25) is 0 Å². The minimum absolute atomic E-state index is 0.0995. The molecule has 0 spiro atoms. The molecule has 0 aliphatic heterocycles. The smallest absolute Gasteiger partial charge is 0.407 e. The van der Waals surface area contributed by atoms with Crippen LogP contribution >= 0.6 is 11.3 Å². The van der Waals surface area contributed by atoms with Gasteiger partial charge in [0.25, 0.3) is 5.91 Å². The van der Waals surface area contributed by atoms with Crippen molar-refractivity contribution in [2.45, 2.75) is 67.5 Å². The van der Waals surface area contributed by atoms with Crippen LogP contribution in [0.1, 0.15) is 72.8 Å². The van der Waals surface area contributed by atoms with E-state index in [1.54, 1.807) is 107 Å². The average Bonchev–Trinajstić information content (AvgIpc) is 3.30. The van der Waals surface area contributed by atoms with E-state index in [4.69, 9.17) is 9.47 Å². The van der Waals surface area contributed by atoms with E-state index in [9.17, 15) is 19.2 Å². The molecule has 1 heterocycles. The highest BCUT2D eigenvalue weighted by atomic mass is 32.1. The van der Waals surface area contributed by atoms with Gasteiger partial charge in [-0.2, -0.15) is 0 Å². The van der Waals surface area contributed by atoms with Crippen LogP contribution in [0.2, 0.25) is 0 Å². The number of aryl methyl sites for hydroxylation is 2. The first-order chi connectivity index (χ1) is 20.7. The predicted molar refractivity (Wildman–Crippen MR) is 175 cm³/mol. The number of hydrogen-bond acceptors (Lipinski definition) is 7. The highest BCUT2D eigenvalue weighted by Gasteiger charge is 2.28. The Kier molecular flexibility index (Phi) is 11.4. The van der Waals surface area contributed by atoms with Crippen LogP contribution in [0.25, 0.3) is 5.57 Å². The van der Waals surface area contributed by atoms with Crippen molar-refractivity contribution in [3.63, 3.8) is 0 Å². The number of benzene rings is 2. The minimum atomic E-state index is -0.759. The summed E-state index contributed by atoms with van der Waals surface area (Å²) >= 11 is 1.59. The third-order valence-corrected chi connectivity index (χ3v) is 7.44. The van der Waals surface area contributed by atoms with E-state index in [0.717, 1.165) is 20.9 Å². The lowest BCUT2D eigenvalue weighted by molar-refractivity contribution is -0.138. The Bertz CT molecular complexity index is 1590. The normalized spacial score (nSPS) is 11.6. The molecule has 0 unspecified atom stereocenters. The van der Waals surface area contributed by atoms with Gasteiger partial charge in [0.1, 0.15) is 5.60 Å². The van der Waals surface area contributed by atoms with Crippen LogP contribution in [0.3, 0.4) is 0 Å². The molecule has 2 aromatic carbocycles. The molecule has 9 heteroatoms. The summed E-state index contributed by atoms with van der Waals surface area (Å²) in [5.74, 6) is -1.59. The van der Waals surface area contributed by atoms with Crippen molar-refractivity contribution < 1.29 is 28.7 Å². The second kappa shape index (κ2) is 14.8. The predicted octanol–water partition coefficient (Wildman–Crippen LogP) is 7.56. The number of Topliss-reactive ketones (excluding diaryl/α,β-unsaturated/α-hetero) is 1. The number of carbonyl (C=O) groups excluding carboxylic acids is 4. The third-order valence-electron chi connectivity index (χ3n) is 6.48. The molecule has 1 aromatic heterocycles. The van der Waals surface area contributed by atoms with Gasteiger partial charge >= 0.3 is 12.1 Å². The number of nitrogens with one attached hydrogen (secondary N) is 2. The van der Waals surface area contributed by atoms with E-state index in [1.165, 1.54) is 0 Å². The zero-order chi connectivity index (χ0) is 32.6. The van der Waals surface area contributed by atoms with Gasteiger partial charge in [0.15, 0.2) is 12.4 Å². The summed E-state index contributed by atoms with van der Waals surface area (Å²) in [4.78, 5) is 54.2. The number of alkyl carbamates (subject to hydrolysis) is 1. The highest BCUT2D eigenvalue weighted by Crippen LogP contribution is 2.33. The maximum absolute atomic E-state index is 13.8. The Morgan fingerprint density at radius 3 is 2.05 bits per heavy atom. The highest BCUT2D eigenvalue weighted by molar-refractivity contribution is 7.12. The number of amides is 2. The Morgan fingerprint density at radius 1 is 0.864 bits per heavy atom. The fourth-order valence-corrected chi connectivity index (χ4v) is 5.45. The molecule has 0 atom stereocenters. The molecule has 44 heavy (non-hydrogen) atoms. The van der Waals surface area contributed by atoms with Crippen LogP contribution in [0.5, 0.6) is 0 Å². The number of anilines is 1. The number of hydrogen-bond donors (Lipinski definition) is 2. The van der Waals surface area contributed by atoms with E-state index < -0.39 is 30.2 Å². The fourth-order valence-electron chi connectivity index (χ4n) is 4.47. The van der Waals surface area contributed by atoms with E-state index in [1.807, 2.05) is 19.9 Å². The van der Waals surface area contributed by atoms with Crippen LogP contribution in [-0.2, 0) is 25.6 Å². The molecule has 2 amide bonds. The van der Waals surface area contributed by atoms with Gasteiger partial charge in [0.05, 0.1) is 11.1 Å². The van der Waals surface area contributed by atoms with Crippen LogP contribution < -0.4 is 10.6 Å². The van der Waals surface area contributed by atoms with Crippen molar-refractivity contribution in [1.29, 1.82) is 0 Å². The Balaban J connectivity index is 1.86. The molecule has 0 saturated heterocycles. The number of esters is 1. The Labute approximate surface area is 263 Å². The molecule has 0 aliphatic rings. The van der Waals surface area contributed by atoms with E-state index in [0.29, 0.717) is 22.4 Å². The molecule has 8 nitrogen and oxygen atoms in total. The van der Waals surface area contributed by atoms with Crippen LogP contribution in [0.15, 0.2) is 77.4 Å². The van der Waals surface area contributed by atoms with E-state index in [-0.39, 0.29) is 23.5 Å². The molecule has 0 saturated carbocycles. The molecule has 0 fully saturated rings. The number of rotatable bonds is 10. The maximum atomic E-state index is 13.8. The lowest BCUT2D eigenvalue weighted by Gasteiger charge is -2.19. The van der Waals surface area contributed by atoms with Crippen molar-refractivity contribution >= 4 is 46.4 Å². The number of ketones is 1. The molecule has 0 radical (unpaired) electrons. The van der Waals surface area contributed by atoms with Crippen LogP contribution in [0, 0.1) is 13.8 Å². The Morgan fingerprint density at radius 2 is 1.50 bits per heavy atom. The standard InChI is InChI=1S/C35H40N2O6S/c1-21(2)30(32(39)37-27-16-14-25(15-17-27)19-36-34(41)43-35(6,7)8)31(23(4)28-18-22(3)44-24(28)5)33(40)42-20-29(38)26-12-10-9-11-13-26/h9-18H,19-20H2,1-8H3,(H,36,41)(H,37,39)/b31-23-.